The minimum Gasteiger partial charge on any atom is -0.444 e. The highest BCUT2D eigenvalue weighted by atomic mass is 16.7. The fraction of sp³-hybridized carbons (Fsp3) is 0.789. The molecule has 8 heteroatoms. The molecule has 27 heavy (non-hydrogen) atoms. The van der Waals surface area contributed by atoms with Gasteiger partial charge in [-0.15, -0.1) is 0 Å². The van der Waals surface area contributed by atoms with E-state index in [0.717, 1.165) is 0 Å². The van der Waals surface area contributed by atoms with Gasteiger partial charge in [0.15, 0.2) is 0 Å². The third kappa shape index (κ3) is 4.32. The summed E-state index contributed by atoms with van der Waals surface area (Å²) in [5.41, 5.74) is -1.20. The lowest BCUT2D eigenvalue weighted by Crippen LogP contribution is -2.42. The Morgan fingerprint density at radius 3 is 2.33 bits per heavy atom. The van der Waals surface area contributed by atoms with Crippen molar-refractivity contribution in [2.24, 2.45) is 0 Å². The van der Waals surface area contributed by atoms with Crippen molar-refractivity contribution < 1.29 is 24.3 Å². The molecule has 3 heterocycles. The number of carbonyl (C=O) groups is 1. The molecule has 1 amide bonds. The van der Waals surface area contributed by atoms with Gasteiger partial charge < -0.3 is 18.9 Å². The highest BCUT2D eigenvalue weighted by Gasteiger charge is 2.52. The number of amides is 1. The van der Waals surface area contributed by atoms with E-state index in [1.807, 2.05) is 27.7 Å². The van der Waals surface area contributed by atoms with Crippen LogP contribution in [0.25, 0.3) is 0 Å². The molecule has 3 rings (SSSR count). The second-order valence-corrected chi connectivity index (χ2v) is 9.04. The van der Waals surface area contributed by atoms with Crippen molar-refractivity contribution in [3.63, 3.8) is 0 Å². The Labute approximate surface area is 168 Å². The lowest BCUT2D eigenvalue weighted by atomic mass is 9.82. The minimum absolute atomic E-state index is 0.129. The molecule has 150 valence electrons. The molecule has 0 aliphatic carbocycles. The number of likely N-dealkylation sites (tertiary alicyclic amines) is 1. The summed E-state index contributed by atoms with van der Waals surface area (Å²) in [6.45, 7) is 8.26. The average Bonchev–Trinajstić information content (AvgIpc) is 3.06. The third-order valence-corrected chi connectivity index (χ3v) is 5.07. The number of hydrogen-bond acceptors (Lipinski definition) is 5. The van der Waals surface area contributed by atoms with Crippen LogP contribution in [-0.4, -0.2) is 57.7 Å². The maximum atomic E-state index is 12.6. The first-order valence-corrected chi connectivity index (χ1v) is 9.28. The van der Waals surface area contributed by atoms with Crippen LogP contribution in [0, 0.1) is 0 Å². The number of ether oxygens (including phenoxy) is 1. The number of piperidine rings is 1. The summed E-state index contributed by atoms with van der Waals surface area (Å²) in [5.74, 6) is 0. The molecule has 0 atom stereocenters. The average molecular weight is 381 g/mol. The van der Waals surface area contributed by atoms with Gasteiger partial charge in [0.05, 0.1) is 17.2 Å². The molecule has 2 aliphatic rings. The van der Waals surface area contributed by atoms with Crippen molar-refractivity contribution in [3.8, 4) is 0 Å². The summed E-state index contributed by atoms with van der Waals surface area (Å²) >= 11 is 0. The fourth-order valence-electron chi connectivity index (χ4n) is 2.80. The van der Waals surface area contributed by atoms with E-state index in [2.05, 4.69) is 5.10 Å². The number of nitrogens with zero attached hydrogens (tertiary/aromatic N) is 3. The van der Waals surface area contributed by atoms with Gasteiger partial charge in [0.25, 0.3) is 0 Å². The van der Waals surface area contributed by atoms with E-state index in [-0.39, 0.29) is 12.8 Å². The van der Waals surface area contributed by atoms with E-state index in [1.165, 1.54) is 4.68 Å². The lowest BCUT2D eigenvalue weighted by molar-refractivity contribution is 0.00578. The Balaban J connectivity index is 1.80. The maximum absolute atomic E-state index is 12.6. The van der Waals surface area contributed by atoms with Crippen LogP contribution >= 0.6 is 0 Å². The van der Waals surface area contributed by atoms with Gasteiger partial charge >= 0.3 is 13.2 Å². The van der Waals surface area contributed by atoms with Crippen molar-refractivity contribution in [2.75, 3.05) is 13.0 Å². The van der Waals surface area contributed by atoms with E-state index in [4.69, 9.17) is 19.5 Å². The molecular formula is C19H32BN3O4. The number of aromatic nitrogens is 2. The first-order valence-electron chi connectivity index (χ1n) is 11.3. The molecule has 0 aromatic carbocycles. The second kappa shape index (κ2) is 6.81. The largest absolute Gasteiger partial charge is 0.498 e. The second-order valence-electron chi connectivity index (χ2n) is 9.04. The van der Waals surface area contributed by atoms with Crippen LogP contribution in [0.1, 0.15) is 72.8 Å². The highest BCUT2D eigenvalue weighted by Crippen LogP contribution is 2.36. The first kappa shape index (κ1) is 15.4. The maximum Gasteiger partial charge on any atom is 0.498 e. The molecule has 1 aromatic heterocycles. The predicted octanol–water partition coefficient (Wildman–Crippen LogP) is 2.75. The predicted molar refractivity (Wildman–Crippen MR) is 104 cm³/mol. The van der Waals surface area contributed by atoms with E-state index in [0.29, 0.717) is 10.4 Å². The number of carbonyl (C=O) groups excluding carboxylic acids is 1. The highest BCUT2D eigenvalue weighted by molar-refractivity contribution is 6.62. The van der Waals surface area contributed by atoms with Crippen LogP contribution in [0.5, 0.6) is 0 Å². The van der Waals surface area contributed by atoms with E-state index in [1.54, 1.807) is 33.2 Å². The summed E-state index contributed by atoms with van der Waals surface area (Å²) in [6.07, 6.45) is 2.02. The number of hydrogen-bond donors (Lipinski definition) is 0. The standard InChI is InChI=1S/C19H32BN3O4/c1-17(2,3)25-16(24)22-10-8-15(9-11-22)23-13-14(12-21-23)20-26-18(4,5)19(6,7)27-20/h12-13,15H,8-11H2,1-7H3/i10D2,11D2. The van der Waals surface area contributed by atoms with Crippen LogP contribution < -0.4 is 5.46 Å². The van der Waals surface area contributed by atoms with Gasteiger partial charge in [0.1, 0.15) is 5.60 Å². The Kier molecular flexibility index (Phi) is 3.88. The number of rotatable bonds is 2. The van der Waals surface area contributed by atoms with Crippen LogP contribution in [0.15, 0.2) is 12.4 Å². The topological polar surface area (TPSA) is 65.8 Å². The van der Waals surface area contributed by atoms with Crippen molar-refractivity contribution in [3.05, 3.63) is 12.4 Å². The Hall–Kier alpha value is -1.54. The van der Waals surface area contributed by atoms with E-state index in [9.17, 15) is 4.79 Å². The van der Waals surface area contributed by atoms with Gasteiger partial charge in [0, 0.05) is 36.3 Å². The summed E-state index contributed by atoms with van der Waals surface area (Å²) in [5, 5.41) is 4.33. The van der Waals surface area contributed by atoms with Crippen molar-refractivity contribution in [2.45, 2.75) is 84.2 Å². The smallest absolute Gasteiger partial charge is 0.444 e. The van der Waals surface area contributed by atoms with E-state index < -0.39 is 49.1 Å². The van der Waals surface area contributed by atoms with Crippen LogP contribution in [0.4, 0.5) is 4.79 Å². The molecule has 0 bridgehead atoms. The quantitative estimate of drug-likeness (QED) is 0.737. The Morgan fingerprint density at radius 1 is 1.26 bits per heavy atom. The third-order valence-electron chi connectivity index (χ3n) is 5.07. The fourth-order valence-corrected chi connectivity index (χ4v) is 2.80. The van der Waals surface area contributed by atoms with Gasteiger partial charge in [-0.25, -0.2) is 4.79 Å². The molecular weight excluding hydrogens is 345 g/mol. The van der Waals surface area contributed by atoms with Crippen LogP contribution in [-0.2, 0) is 14.0 Å². The normalized spacial score (nSPS) is 28.9. The van der Waals surface area contributed by atoms with Crippen LogP contribution in [0.2, 0.25) is 0 Å². The molecule has 2 aliphatic heterocycles. The molecule has 7 nitrogen and oxygen atoms in total. The molecule has 0 N–H and O–H groups in total. The van der Waals surface area contributed by atoms with Gasteiger partial charge in [0.2, 0.25) is 0 Å². The zero-order chi connectivity index (χ0) is 23.6. The van der Waals surface area contributed by atoms with Gasteiger partial charge in [-0.1, -0.05) is 0 Å². The van der Waals surface area contributed by atoms with Crippen molar-refractivity contribution in [1.82, 2.24) is 14.7 Å². The molecule has 0 unspecified atom stereocenters. The summed E-state index contributed by atoms with van der Waals surface area (Å²) in [4.78, 5) is 13.1. The zero-order valence-electron chi connectivity index (χ0n) is 21.2. The first-order chi connectivity index (χ1) is 13.8. The van der Waals surface area contributed by atoms with E-state index >= 15 is 0 Å². The van der Waals surface area contributed by atoms with Gasteiger partial charge in [-0.3, -0.25) is 4.68 Å². The molecule has 0 saturated carbocycles. The monoisotopic (exact) mass is 381 g/mol. The SMILES string of the molecule is [2H]C1([2H])CC(n2cc(B3OC(C)(C)C(C)(C)O3)cn2)CC([2H])([2H])N1C(=O)OC(C)(C)C. The van der Waals surface area contributed by atoms with Crippen molar-refractivity contribution >= 4 is 18.7 Å². The Morgan fingerprint density at radius 2 is 1.81 bits per heavy atom. The summed E-state index contributed by atoms with van der Waals surface area (Å²) < 4.78 is 52.4. The van der Waals surface area contributed by atoms with Crippen molar-refractivity contribution in [1.29, 1.82) is 0 Å². The molecule has 2 saturated heterocycles. The van der Waals surface area contributed by atoms with Gasteiger partial charge in [-0.05, 0) is 61.3 Å². The Bertz CT molecular complexity index is 819. The molecule has 0 radical (unpaired) electrons. The summed E-state index contributed by atoms with van der Waals surface area (Å²) in [6, 6.07) is -0.597. The minimum atomic E-state index is -2.26. The lowest BCUT2D eigenvalue weighted by Gasteiger charge is -2.33. The van der Waals surface area contributed by atoms with Gasteiger partial charge in [-0.2, -0.15) is 5.10 Å². The molecule has 1 aromatic rings. The molecule has 0 spiro atoms. The zero-order valence-corrected chi connectivity index (χ0v) is 17.2. The summed E-state index contributed by atoms with van der Waals surface area (Å²) in [7, 11) is -0.617. The van der Waals surface area contributed by atoms with Crippen LogP contribution in [0.3, 0.4) is 0 Å². The molecule has 2 fully saturated rings.